The first kappa shape index (κ1) is 13.6. The van der Waals surface area contributed by atoms with Crippen molar-refractivity contribution in [2.24, 2.45) is 5.92 Å². The van der Waals surface area contributed by atoms with Crippen molar-refractivity contribution in [2.45, 2.75) is 45.6 Å². The Hall–Kier alpha value is -0.800. The van der Waals surface area contributed by atoms with Crippen LogP contribution in [0.1, 0.15) is 43.6 Å². The van der Waals surface area contributed by atoms with Crippen LogP contribution in [0, 0.1) is 12.8 Å². The summed E-state index contributed by atoms with van der Waals surface area (Å²) in [6.45, 7) is 5.87. The van der Waals surface area contributed by atoms with Gasteiger partial charge in [0.2, 0.25) is 0 Å². The van der Waals surface area contributed by atoms with Crippen molar-refractivity contribution in [1.29, 1.82) is 0 Å². The second kappa shape index (κ2) is 7.59. The average Bonchev–Trinajstić information content (AvgIpc) is 2.81. The summed E-state index contributed by atoms with van der Waals surface area (Å²) in [6.07, 6.45) is 6.48. The van der Waals surface area contributed by atoms with Crippen molar-refractivity contribution in [1.82, 2.24) is 5.32 Å². The fourth-order valence-electron chi connectivity index (χ4n) is 2.51. The molecule has 0 saturated carbocycles. The second-order valence-electron chi connectivity index (χ2n) is 5.24. The van der Waals surface area contributed by atoms with Crippen molar-refractivity contribution < 1.29 is 9.15 Å². The van der Waals surface area contributed by atoms with E-state index in [4.69, 9.17) is 9.15 Å². The number of rotatable bonds is 7. The van der Waals surface area contributed by atoms with Gasteiger partial charge >= 0.3 is 0 Å². The molecule has 0 aromatic carbocycles. The summed E-state index contributed by atoms with van der Waals surface area (Å²) in [7, 11) is 0. The quantitative estimate of drug-likeness (QED) is 0.755. The minimum Gasteiger partial charge on any atom is -0.465 e. The van der Waals surface area contributed by atoms with Crippen molar-refractivity contribution in [3.8, 4) is 0 Å². The van der Waals surface area contributed by atoms with Gasteiger partial charge < -0.3 is 14.5 Å². The standard InChI is InChI=1S/C15H25NO2/c1-13-5-6-15(18-13)12-16-9-3-2-4-14-7-10-17-11-8-14/h5-6,14,16H,2-4,7-12H2,1H3. The topological polar surface area (TPSA) is 34.4 Å². The molecule has 1 aliphatic rings. The van der Waals surface area contributed by atoms with Crippen LogP contribution in [0.4, 0.5) is 0 Å². The SMILES string of the molecule is Cc1ccc(CNCCCCC2CCOCC2)o1. The second-order valence-corrected chi connectivity index (χ2v) is 5.24. The molecule has 3 nitrogen and oxygen atoms in total. The molecule has 2 heterocycles. The molecular weight excluding hydrogens is 226 g/mol. The molecule has 0 unspecified atom stereocenters. The molecule has 3 heteroatoms. The molecule has 0 aliphatic carbocycles. The summed E-state index contributed by atoms with van der Waals surface area (Å²) in [5.74, 6) is 2.94. The Kier molecular flexibility index (Phi) is 5.75. The van der Waals surface area contributed by atoms with Crippen molar-refractivity contribution in [3.63, 3.8) is 0 Å². The number of furan rings is 1. The summed E-state index contributed by atoms with van der Waals surface area (Å²) < 4.78 is 10.9. The normalized spacial score (nSPS) is 17.2. The molecular formula is C15H25NO2. The third-order valence-electron chi connectivity index (χ3n) is 3.65. The van der Waals surface area contributed by atoms with Gasteiger partial charge in [-0.1, -0.05) is 12.8 Å². The molecule has 2 rings (SSSR count). The molecule has 0 amide bonds. The first-order valence-corrected chi connectivity index (χ1v) is 7.18. The number of hydrogen-bond acceptors (Lipinski definition) is 3. The maximum atomic E-state index is 5.51. The highest BCUT2D eigenvalue weighted by atomic mass is 16.5. The fourth-order valence-corrected chi connectivity index (χ4v) is 2.51. The van der Waals surface area contributed by atoms with E-state index in [1.807, 2.05) is 19.1 Å². The van der Waals surface area contributed by atoms with Gasteiger partial charge in [-0.05, 0) is 50.8 Å². The Balaban J connectivity index is 1.46. The van der Waals surface area contributed by atoms with Crippen LogP contribution in [0.5, 0.6) is 0 Å². The number of unbranched alkanes of at least 4 members (excludes halogenated alkanes) is 1. The van der Waals surface area contributed by atoms with Gasteiger partial charge in [0, 0.05) is 13.2 Å². The molecule has 1 aliphatic heterocycles. The van der Waals surface area contributed by atoms with E-state index >= 15 is 0 Å². The minimum absolute atomic E-state index is 0.852. The lowest BCUT2D eigenvalue weighted by Gasteiger charge is -2.21. The van der Waals surface area contributed by atoms with Gasteiger partial charge in [0.1, 0.15) is 11.5 Å². The van der Waals surface area contributed by atoms with E-state index < -0.39 is 0 Å². The van der Waals surface area contributed by atoms with Gasteiger partial charge in [-0.15, -0.1) is 0 Å². The van der Waals surface area contributed by atoms with E-state index in [2.05, 4.69) is 5.32 Å². The van der Waals surface area contributed by atoms with Gasteiger partial charge in [-0.3, -0.25) is 0 Å². The molecule has 0 bridgehead atoms. The van der Waals surface area contributed by atoms with Crippen molar-refractivity contribution >= 4 is 0 Å². The Labute approximate surface area is 110 Å². The van der Waals surface area contributed by atoms with Gasteiger partial charge in [-0.25, -0.2) is 0 Å². The van der Waals surface area contributed by atoms with E-state index in [1.165, 1.54) is 32.1 Å². The zero-order valence-electron chi connectivity index (χ0n) is 11.4. The van der Waals surface area contributed by atoms with Crippen LogP contribution < -0.4 is 5.32 Å². The lowest BCUT2D eigenvalue weighted by molar-refractivity contribution is 0.0631. The third-order valence-corrected chi connectivity index (χ3v) is 3.65. The van der Waals surface area contributed by atoms with Crippen LogP contribution in [-0.4, -0.2) is 19.8 Å². The number of nitrogens with one attached hydrogen (secondary N) is 1. The molecule has 18 heavy (non-hydrogen) atoms. The van der Waals surface area contributed by atoms with Crippen molar-refractivity contribution in [3.05, 3.63) is 23.7 Å². The number of hydrogen-bond donors (Lipinski definition) is 1. The van der Waals surface area contributed by atoms with Gasteiger partial charge in [-0.2, -0.15) is 0 Å². The lowest BCUT2D eigenvalue weighted by Crippen LogP contribution is -2.17. The predicted octanol–water partition coefficient (Wildman–Crippen LogP) is 3.27. The van der Waals surface area contributed by atoms with Crippen LogP contribution in [0.25, 0.3) is 0 Å². The molecule has 0 atom stereocenters. The van der Waals surface area contributed by atoms with E-state index in [0.717, 1.165) is 43.7 Å². The maximum absolute atomic E-state index is 5.51. The zero-order chi connectivity index (χ0) is 12.6. The molecule has 1 fully saturated rings. The molecule has 1 saturated heterocycles. The lowest BCUT2D eigenvalue weighted by atomic mass is 9.94. The van der Waals surface area contributed by atoms with E-state index in [1.54, 1.807) is 0 Å². The molecule has 1 N–H and O–H groups in total. The number of ether oxygens (including phenoxy) is 1. The van der Waals surface area contributed by atoms with Crippen LogP contribution >= 0.6 is 0 Å². The van der Waals surface area contributed by atoms with Crippen molar-refractivity contribution in [2.75, 3.05) is 19.8 Å². The molecule has 102 valence electrons. The Morgan fingerprint density at radius 1 is 1.22 bits per heavy atom. The average molecular weight is 251 g/mol. The Morgan fingerprint density at radius 2 is 2.06 bits per heavy atom. The van der Waals surface area contributed by atoms with Crippen LogP contribution in [0.2, 0.25) is 0 Å². The summed E-state index contributed by atoms with van der Waals surface area (Å²) in [5, 5.41) is 3.43. The Morgan fingerprint density at radius 3 is 2.78 bits per heavy atom. The summed E-state index contributed by atoms with van der Waals surface area (Å²) in [4.78, 5) is 0. The van der Waals surface area contributed by atoms with E-state index in [-0.39, 0.29) is 0 Å². The van der Waals surface area contributed by atoms with Crippen LogP contribution in [0.15, 0.2) is 16.5 Å². The number of aryl methyl sites for hydroxylation is 1. The summed E-state index contributed by atoms with van der Waals surface area (Å²) in [6, 6.07) is 4.06. The fraction of sp³-hybridized carbons (Fsp3) is 0.733. The van der Waals surface area contributed by atoms with E-state index in [0.29, 0.717) is 0 Å². The monoisotopic (exact) mass is 251 g/mol. The smallest absolute Gasteiger partial charge is 0.117 e. The van der Waals surface area contributed by atoms with Gasteiger partial charge in [0.15, 0.2) is 0 Å². The third kappa shape index (κ3) is 4.83. The zero-order valence-corrected chi connectivity index (χ0v) is 11.4. The van der Waals surface area contributed by atoms with E-state index in [9.17, 15) is 0 Å². The van der Waals surface area contributed by atoms with Gasteiger partial charge in [0.05, 0.1) is 6.54 Å². The molecule has 0 spiro atoms. The largest absolute Gasteiger partial charge is 0.465 e. The molecule has 1 aromatic rings. The minimum atomic E-state index is 0.852. The van der Waals surface area contributed by atoms with Crippen LogP contribution in [-0.2, 0) is 11.3 Å². The molecule has 0 radical (unpaired) electrons. The maximum Gasteiger partial charge on any atom is 0.117 e. The van der Waals surface area contributed by atoms with Crippen LogP contribution in [0.3, 0.4) is 0 Å². The summed E-state index contributed by atoms with van der Waals surface area (Å²) in [5.41, 5.74) is 0. The highest BCUT2D eigenvalue weighted by Crippen LogP contribution is 2.20. The summed E-state index contributed by atoms with van der Waals surface area (Å²) >= 11 is 0. The van der Waals surface area contributed by atoms with Gasteiger partial charge in [0.25, 0.3) is 0 Å². The molecule has 1 aromatic heterocycles. The highest BCUT2D eigenvalue weighted by Gasteiger charge is 2.12. The highest BCUT2D eigenvalue weighted by molar-refractivity contribution is 5.04. The Bertz CT molecular complexity index is 329. The first-order valence-electron chi connectivity index (χ1n) is 7.18. The first-order chi connectivity index (χ1) is 8.84. The predicted molar refractivity (Wildman–Crippen MR) is 72.5 cm³/mol.